The lowest BCUT2D eigenvalue weighted by atomic mass is 10.2. The number of aromatic nitrogens is 1. The van der Waals surface area contributed by atoms with Crippen molar-refractivity contribution in [3.8, 4) is 11.3 Å². The Bertz CT molecular complexity index is 990. The van der Waals surface area contributed by atoms with Crippen molar-refractivity contribution in [1.29, 1.82) is 0 Å². The number of hydrogen-bond acceptors (Lipinski definition) is 2. The van der Waals surface area contributed by atoms with Crippen LogP contribution in [0.5, 0.6) is 0 Å². The van der Waals surface area contributed by atoms with E-state index in [-0.39, 0.29) is 0 Å². The number of rotatable bonds is 6. The fourth-order valence-electron chi connectivity index (χ4n) is 2.99. The lowest BCUT2D eigenvalue weighted by Gasteiger charge is -2.15. The van der Waals surface area contributed by atoms with E-state index in [1.54, 1.807) is 16.1 Å². The third-order valence-electron chi connectivity index (χ3n) is 4.38. The van der Waals surface area contributed by atoms with E-state index >= 15 is 0 Å². The molecule has 0 aliphatic rings. The van der Waals surface area contributed by atoms with E-state index in [9.17, 15) is 8.42 Å². The molecule has 0 amide bonds. The minimum Gasteiger partial charge on any atom is -0.237 e. The molecule has 136 valence electrons. The molecule has 3 aromatic rings. The topological polar surface area (TPSA) is 39.1 Å². The molecular formula is C21H22INO2S. The summed E-state index contributed by atoms with van der Waals surface area (Å²) in [6.07, 6.45) is 2.72. The molecule has 0 aliphatic carbocycles. The van der Waals surface area contributed by atoms with Crippen molar-refractivity contribution in [2.45, 2.75) is 38.0 Å². The Morgan fingerprint density at radius 2 is 1.65 bits per heavy atom. The van der Waals surface area contributed by atoms with E-state index in [2.05, 4.69) is 29.5 Å². The molecule has 0 bridgehead atoms. The van der Waals surface area contributed by atoms with E-state index in [0.29, 0.717) is 4.90 Å². The molecule has 3 rings (SSSR count). The van der Waals surface area contributed by atoms with Crippen molar-refractivity contribution in [2.24, 2.45) is 0 Å². The number of unbranched alkanes of at least 4 members (excludes halogenated alkanes) is 1. The van der Waals surface area contributed by atoms with Crippen LogP contribution in [-0.4, -0.2) is 12.4 Å². The molecule has 0 radical (unpaired) electrons. The van der Waals surface area contributed by atoms with Gasteiger partial charge in [-0.25, -0.2) is 12.4 Å². The minimum atomic E-state index is -3.66. The van der Waals surface area contributed by atoms with Gasteiger partial charge in [0.2, 0.25) is 0 Å². The van der Waals surface area contributed by atoms with Gasteiger partial charge in [0.25, 0.3) is 10.0 Å². The van der Waals surface area contributed by atoms with Gasteiger partial charge >= 0.3 is 0 Å². The average Bonchev–Trinajstić information content (AvgIpc) is 2.98. The van der Waals surface area contributed by atoms with Crippen molar-refractivity contribution < 1.29 is 8.42 Å². The number of benzene rings is 2. The second-order valence-corrected chi connectivity index (χ2v) is 9.33. The smallest absolute Gasteiger partial charge is 0.237 e. The van der Waals surface area contributed by atoms with Crippen LogP contribution in [0.3, 0.4) is 0 Å². The molecular weight excluding hydrogens is 457 g/mol. The molecule has 0 spiro atoms. The molecule has 1 heterocycles. The van der Waals surface area contributed by atoms with Crippen LogP contribution >= 0.6 is 22.6 Å². The first-order chi connectivity index (χ1) is 12.4. The molecule has 0 saturated carbocycles. The van der Waals surface area contributed by atoms with Gasteiger partial charge in [-0.1, -0.05) is 61.4 Å². The maximum Gasteiger partial charge on any atom is 0.268 e. The van der Waals surface area contributed by atoms with Crippen molar-refractivity contribution >= 4 is 32.6 Å². The number of hydrogen-bond donors (Lipinski definition) is 0. The zero-order chi connectivity index (χ0) is 18.7. The summed E-state index contributed by atoms with van der Waals surface area (Å²) in [5.74, 6) is 0. The summed E-state index contributed by atoms with van der Waals surface area (Å²) in [6, 6.07) is 18.8. The molecule has 5 heteroatoms. The van der Waals surface area contributed by atoms with Crippen LogP contribution in [0.4, 0.5) is 0 Å². The lowest BCUT2D eigenvalue weighted by molar-refractivity contribution is 0.584. The zero-order valence-corrected chi connectivity index (χ0v) is 17.9. The van der Waals surface area contributed by atoms with Gasteiger partial charge in [-0.05, 0) is 60.6 Å². The molecule has 0 fully saturated rings. The SMILES string of the molecule is CCCCc1cc(I)c(-c2ccccc2)n1S(=O)(=O)c1ccc(C)cc1. The predicted octanol–water partition coefficient (Wildman–Crippen LogP) is 5.65. The summed E-state index contributed by atoms with van der Waals surface area (Å²) in [5.41, 5.74) is 3.55. The van der Waals surface area contributed by atoms with Crippen molar-refractivity contribution in [2.75, 3.05) is 0 Å². The van der Waals surface area contributed by atoms with Crippen LogP contribution < -0.4 is 0 Å². The first-order valence-corrected chi connectivity index (χ1v) is 11.2. The Kier molecular flexibility index (Phi) is 5.87. The summed E-state index contributed by atoms with van der Waals surface area (Å²) in [4.78, 5) is 0.324. The second-order valence-electron chi connectivity index (χ2n) is 6.38. The van der Waals surface area contributed by atoms with Gasteiger partial charge in [-0.2, -0.15) is 0 Å². The highest BCUT2D eigenvalue weighted by Crippen LogP contribution is 2.33. The van der Waals surface area contributed by atoms with E-state index in [4.69, 9.17) is 0 Å². The molecule has 0 unspecified atom stereocenters. The van der Waals surface area contributed by atoms with E-state index in [0.717, 1.165) is 45.3 Å². The first kappa shape index (κ1) is 19.2. The van der Waals surface area contributed by atoms with Gasteiger partial charge in [0.15, 0.2) is 0 Å². The van der Waals surface area contributed by atoms with Crippen LogP contribution in [0, 0.1) is 10.5 Å². The number of halogens is 1. The molecule has 0 atom stereocenters. The highest BCUT2D eigenvalue weighted by molar-refractivity contribution is 14.1. The number of aryl methyl sites for hydroxylation is 2. The fourth-order valence-corrected chi connectivity index (χ4v) is 5.65. The van der Waals surface area contributed by atoms with Crippen molar-refractivity contribution in [3.05, 3.63) is 75.5 Å². The van der Waals surface area contributed by atoms with Gasteiger partial charge in [-0.15, -0.1) is 0 Å². The summed E-state index contributed by atoms with van der Waals surface area (Å²) < 4.78 is 29.5. The van der Waals surface area contributed by atoms with E-state index in [1.165, 1.54) is 0 Å². The Labute approximate surface area is 169 Å². The highest BCUT2D eigenvalue weighted by Gasteiger charge is 2.26. The highest BCUT2D eigenvalue weighted by atomic mass is 127. The predicted molar refractivity (Wildman–Crippen MR) is 115 cm³/mol. The van der Waals surface area contributed by atoms with Gasteiger partial charge < -0.3 is 0 Å². The Morgan fingerprint density at radius 1 is 1.00 bits per heavy atom. The maximum atomic E-state index is 13.5. The molecule has 0 aliphatic heterocycles. The van der Waals surface area contributed by atoms with E-state index in [1.807, 2.05) is 55.5 Å². The fraction of sp³-hybridized carbons (Fsp3) is 0.238. The van der Waals surface area contributed by atoms with Crippen LogP contribution in [0.25, 0.3) is 11.3 Å². The average molecular weight is 479 g/mol. The third kappa shape index (κ3) is 3.74. The largest absolute Gasteiger partial charge is 0.268 e. The summed E-state index contributed by atoms with van der Waals surface area (Å²) in [6.45, 7) is 4.07. The van der Waals surface area contributed by atoms with Crippen molar-refractivity contribution in [1.82, 2.24) is 3.97 Å². The van der Waals surface area contributed by atoms with Gasteiger partial charge in [0.05, 0.1) is 10.6 Å². The normalized spacial score (nSPS) is 11.7. The summed E-state index contributed by atoms with van der Waals surface area (Å²) in [5, 5.41) is 0. The Hall–Kier alpha value is -1.60. The minimum absolute atomic E-state index is 0.324. The quantitative estimate of drug-likeness (QED) is 0.429. The van der Waals surface area contributed by atoms with Crippen LogP contribution in [0.2, 0.25) is 0 Å². The molecule has 0 saturated heterocycles. The van der Waals surface area contributed by atoms with Gasteiger partial charge in [-0.3, -0.25) is 0 Å². The molecule has 1 aromatic heterocycles. The van der Waals surface area contributed by atoms with Crippen LogP contribution in [0.15, 0.2) is 65.6 Å². The van der Waals surface area contributed by atoms with Crippen LogP contribution in [0.1, 0.15) is 31.0 Å². The monoisotopic (exact) mass is 479 g/mol. The molecule has 0 N–H and O–H groups in total. The number of nitrogens with zero attached hydrogens (tertiary/aromatic N) is 1. The van der Waals surface area contributed by atoms with Crippen LogP contribution in [-0.2, 0) is 16.4 Å². The lowest BCUT2D eigenvalue weighted by Crippen LogP contribution is -2.17. The third-order valence-corrected chi connectivity index (χ3v) is 6.96. The Balaban J connectivity index is 2.25. The second kappa shape index (κ2) is 7.96. The molecule has 26 heavy (non-hydrogen) atoms. The summed E-state index contributed by atoms with van der Waals surface area (Å²) in [7, 11) is -3.66. The zero-order valence-electron chi connectivity index (χ0n) is 14.9. The molecule has 3 nitrogen and oxygen atoms in total. The van der Waals surface area contributed by atoms with Crippen molar-refractivity contribution in [3.63, 3.8) is 0 Å². The summed E-state index contributed by atoms with van der Waals surface area (Å²) >= 11 is 2.24. The Morgan fingerprint density at radius 3 is 2.27 bits per heavy atom. The molecule has 2 aromatic carbocycles. The van der Waals surface area contributed by atoms with Gasteiger partial charge in [0, 0.05) is 14.8 Å². The van der Waals surface area contributed by atoms with Gasteiger partial charge in [0.1, 0.15) is 0 Å². The maximum absolute atomic E-state index is 13.5. The standard InChI is InChI=1S/C21H22INO2S/c1-3-4-10-18-15-20(22)21(17-8-6-5-7-9-17)23(18)26(24,25)19-13-11-16(2)12-14-19/h5-9,11-15H,3-4,10H2,1-2H3. The first-order valence-electron chi connectivity index (χ1n) is 8.73. The van der Waals surface area contributed by atoms with E-state index < -0.39 is 10.0 Å².